The van der Waals surface area contributed by atoms with E-state index in [0.717, 1.165) is 11.3 Å². The fourth-order valence-electron chi connectivity index (χ4n) is 2.17. The predicted molar refractivity (Wildman–Crippen MR) is 67.3 cm³/mol. The lowest BCUT2D eigenvalue weighted by Crippen LogP contribution is -2.39. The number of nitrogens with zero attached hydrogens (tertiary/aromatic N) is 3. The van der Waals surface area contributed by atoms with Gasteiger partial charge in [0, 0.05) is 30.5 Å². The Balaban J connectivity index is 2.04. The molecular formula is C12H15ClF3N3. The molecule has 0 aliphatic carbocycles. The van der Waals surface area contributed by atoms with Crippen molar-refractivity contribution in [2.45, 2.75) is 31.8 Å². The van der Waals surface area contributed by atoms with Crippen LogP contribution in [0.1, 0.15) is 24.1 Å². The van der Waals surface area contributed by atoms with Crippen LogP contribution >= 0.6 is 11.6 Å². The van der Waals surface area contributed by atoms with Gasteiger partial charge in [-0.05, 0) is 19.8 Å². The first-order valence-electron chi connectivity index (χ1n) is 6.12. The molecule has 3 nitrogen and oxygen atoms in total. The van der Waals surface area contributed by atoms with E-state index in [-0.39, 0.29) is 12.8 Å². The third kappa shape index (κ3) is 3.29. The lowest BCUT2D eigenvalue weighted by molar-refractivity contribution is -0.179. The quantitative estimate of drug-likeness (QED) is 0.784. The first-order valence-corrected chi connectivity index (χ1v) is 6.65. The average Bonchev–Trinajstić information content (AvgIpc) is 2.38. The predicted octanol–water partition coefficient (Wildman–Crippen LogP) is 3.30. The molecule has 0 spiro atoms. The number of anilines is 1. The van der Waals surface area contributed by atoms with Gasteiger partial charge in [0.15, 0.2) is 0 Å². The number of hydrogen-bond donors (Lipinski definition) is 0. The Morgan fingerprint density at radius 3 is 2.47 bits per heavy atom. The first-order chi connectivity index (χ1) is 8.91. The maximum Gasteiger partial charge on any atom is 0.391 e. The number of alkyl halides is 4. The normalized spacial score (nSPS) is 17.8. The highest BCUT2D eigenvalue weighted by atomic mass is 35.5. The third-order valence-corrected chi connectivity index (χ3v) is 3.74. The largest absolute Gasteiger partial charge is 0.391 e. The van der Waals surface area contributed by atoms with Crippen LogP contribution in [0.4, 0.5) is 19.1 Å². The van der Waals surface area contributed by atoms with Crippen molar-refractivity contribution in [3.8, 4) is 0 Å². The van der Waals surface area contributed by atoms with Crippen LogP contribution in [0.3, 0.4) is 0 Å². The Labute approximate surface area is 114 Å². The van der Waals surface area contributed by atoms with Crippen LogP contribution < -0.4 is 4.90 Å². The summed E-state index contributed by atoms with van der Waals surface area (Å²) in [6.07, 6.45) is -2.25. The van der Waals surface area contributed by atoms with Gasteiger partial charge in [-0.15, -0.1) is 11.6 Å². The van der Waals surface area contributed by atoms with Crippen LogP contribution in [0.5, 0.6) is 0 Å². The third-order valence-electron chi connectivity index (χ3n) is 3.45. The van der Waals surface area contributed by atoms with Crippen molar-refractivity contribution in [2.75, 3.05) is 18.0 Å². The van der Waals surface area contributed by atoms with Gasteiger partial charge in [0.2, 0.25) is 5.95 Å². The molecule has 0 amide bonds. The molecular weight excluding hydrogens is 279 g/mol. The number of aryl methyl sites for hydroxylation is 1. The molecule has 0 N–H and O–H groups in total. The van der Waals surface area contributed by atoms with Crippen molar-refractivity contribution in [2.24, 2.45) is 5.92 Å². The van der Waals surface area contributed by atoms with Crippen LogP contribution in [0, 0.1) is 12.8 Å². The summed E-state index contributed by atoms with van der Waals surface area (Å²) in [4.78, 5) is 10.3. The van der Waals surface area contributed by atoms with Gasteiger partial charge in [0.25, 0.3) is 0 Å². The Morgan fingerprint density at radius 1 is 1.37 bits per heavy atom. The van der Waals surface area contributed by atoms with Gasteiger partial charge in [-0.2, -0.15) is 13.2 Å². The SMILES string of the molecule is Cc1nc(N2CCC(C(F)(F)F)CC2)ncc1CCl. The van der Waals surface area contributed by atoms with E-state index in [4.69, 9.17) is 11.6 Å². The fraction of sp³-hybridized carbons (Fsp3) is 0.667. The molecule has 0 aromatic carbocycles. The zero-order chi connectivity index (χ0) is 14.0. The van der Waals surface area contributed by atoms with Gasteiger partial charge < -0.3 is 4.90 Å². The van der Waals surface area contributed by atoms with Crippen molar-refractivity contribution in [1.29, 1.82) is 0 Å². The maximum absolute atomic E-state index is 12.6. The van der Waals surface area contributed by atoms with Gasteiger partial charge in [0.05, 0.1) is 11.8 Å². The van der Waals surface area contributed by atoms with E-state index in [0.29, 0.717) is 24.9 Å². The summed E-state index contributed by atoms with van der Waals surface area (Å²) in [6.45, 7) is 2.50. The zero-order valence-corrected chi connectivity index (χ0v) is 11.3. The van der Waals surface area contributed by atoms with E-state index < -0.39 is 12.1 Å². The molecule has 1 aliphatic heterocycles. The number of rotatable bonds is 2. The van der Waals surface area contributed by atoms with Crippen LogP contribution in [-0.4, -0.2) is 29.2 Å². The Bertz CT molecular complexity index is 442. The molecule has 7 heteroatoms. The summed E-state index contributed by atoms with van der Waals surface area (Å²) in [6, 6.07) is 0. The van der Waals surface area contributed by atoms with Crippen LogP contribution in [0.15, 0.2) is 6.20 Å². The Hall–Kier alpha value is -1.04. The van der Waals surface area contributed by atoms with Crippen LogP contribution in [-0.2, 0) is 5.88 Å². The van der Waals surface area contributed by atoms with Gasteiger partial charge in [-0.1, -0.05) is 0 Å². The summed E-state index contributed by atoms with van der Waals surface area (Å²) in [5.74, 6) is -0.374. The molecule has 0 unspecified atom stereocenters. The number of hydrogen-bond acceptors (Lipinski definition) is 3. The molecule has 1 aromatic rings. The molecule has 2 heterocycles. The van der Waals surface area contributed by atoms with Crippen molar-refractivity contribution in [1.82, 2.24) is 9.97 Å². The molecule has 1 saturated heterocycles. The minimum atomic E-state index is -4.09. The monoisotopic (exact) mass is 293 g/mol. The van der Waals surface area contributed by atoms with Gasteiger partial charge in [-0.25, -0.2) is 9.97 Å². The lowest BCUT2D eigenvalue weighted by atomic mass is 9.96. The summed E-state index contributed by atoms with van der Waals surface area (Å²) >= 11 is 5.72. The van der Waals surface area contributed by atoms with E-state index in [1.807, 2.05) is 6.92 Å². The fourth-order valence-corrected chi connectivity index (χ4v) is 2.43. The first kappa shape index (κ1) is 14.4. The minimum absolute atomic E-state index is 0.100. The smallest absolute Gasteiger partial charge is 0.341 e. The van der Waals surface area contributed by atoms with Gasteiger partial charge in [-0.3, -0.25) is 0 Å². The molecule has 106 valence electrons. The van der Waals surface area contributed by atoms with E-state index >= 15 is 0 Å². The zero-order valence-electron chi connectivity index (χ0n) is 10.5. The summed E-state index contributed by atoms with van der Waals surface area (Å²) in [5.41, 5.74) is 1.62. The second-order valence-electron chi connectivity index (χ2n) is 4.72. The maximum atomic E-state index is 12.6. The van der Waals surface area contributed by atoms with E-state index in [1.165, 1.54) is 0 Å². The highest BCUT2D eigenvalue weighted by Gasteiger charge is 2.41. The molecule has 0 saturated carbocycles. The standard InChI is InChI=1S/C12H15ClF3N3/c1-8-9(6-13)7-17-11(18-8)19-4-2-10(3-5-19)12(14,15)16/h7,10H,2-6H2,1H3. The average molecular weight is 294 g/mol. The minimum Gasteiger partial charge on any atom is -0.341 e. The molecule has 0 atom stereocenters. The van der Waals surface area contributed by atoms with E-state index in [1.54, 1.807) is 11.1 Å². The second kappa shape index (κ2) is 5.53. The molecule has 1 aromatic heterocycles. The van der Waals surface area contributed by atoms with Gasteiger partial charge >= 0.3 is 6.18 Å². The summed E-state index contributed by atoms with van der Waals surface area (Å²) in [7, 11) is 0. The topological polar surface area (TPSA) is 29.0 Å². The number of aromatic nitrogens is 2. The molecule has 0 bridgehead atoms. The summed E-state index contributed by atoms with van der Waals surface area (Å²) in [5, 5.41) is 0. The highest BCUT2D eigenvalue weighted by Crippen LogP contribution is 2.34. The van der Waals surface area contributed by atoms with Crippen LogP contribution in [0.2, 0.25) is 0 Å². The molecule has 2 rings (SSSR count). The highest BCUT2D eigenvalue weighted by molar-refractivity contribution is 6.17. The van der Waals surface area contributed by atoms with E-state index in [2.05, 4.69) is 9.97 Å². The van der Waals surface area contributed by atoms with Crippen molar-refractivity contribution in [3.63, 3.8) is 0 Å². The molecule has 1 fully saturated rings. The molecule has 1 aliphatic rings. The van der Waals surface area contributed by atoms with Gasteiger partial charge in [0.1, 0.15) is 0 Å². The molecule has 0 radical (unpaired) electrons. The molecule has 19 heavy (non-hydrogen) atoms. The summed E-state index contributed by atoms with van der Waals surface area (Å²) < 4.78 is 37.7. The van der Waals surface area contributed by atoms with E-state index in [9.17, 15) is 13.2 Å². The van der Waals surface area contributed by atoms with Crippen molar-refractivity contribution < 1.29 is 13.2 Å². The number of piperidine rings is 1. The Kier molecular flexibility index (Phi) is 4.18. The second-order valence-corrected chi connectivity index (χ2v) is 4.98. The Morgan fingerprint density at radius 2 is 2.00 bits per heavy atom. The lowest BCUT2D eigenvalue weighted by Gasteiger charge is -2.33. The van der Waals surface area contributed by atoms with Crippen molar-refractivity contribution in [3.05, 3.63) is 17.5 Å². The number of halogens is 4. The van der Waals surface area contributed by atoms with Crippen molar-refractivity contribution >= 4 is 17.5 Å². The van der Waals surface area contributed by atoms with Crippen LogP contribution in [0.25, 0.3) is 0 Å².